The average Bonchev–Trinajstić information content (AvgIpc) is 2.41. The fraction of sp³-hybridized carbons (Fsp3) is 0.125. The molecule has 0 aromatic heterocycles. The van der Waals surface area contributed by atoms with Crippen molar-refractivity contribution in [1.29, 1.82) is 0 Å². The van der Waals surface area contributed by atoms with Gasteiger partial charge in [0.1, 0.15) is 6.42 Å². The van der Waals surface area contributed by atoms with Crippen molar-refractivity contribution >= 4 is 39.1 Å². The number of anilines is 2. The summed E-state index contributed by atoms with van der Waals surface area (Å²) in [7, 11) is 0. The van der Waals surface area contributed by atoms with E-state index in [0.29, 0.717) is 11.4 Å². The predicted molar refractivity (Wildman–Crippen MR) is 87.2 cm³/mol. The fourth-order valence-corrected chi connectivity index (χ4v) is 2.21. The van der Waals surface area contributed by atoms with Crippen LogP contribution in [-0.2, 0) is 9.59 Å². The molecule has 0 atom stereocenters. The number of nitrogens with one attached hydrogen (secondary N) is 2. The molecule has 0 radical (unpaired) electrons. The van der Waals surface area contributed by atoms with E-state index in [1.165, 1.54) is 0 Å². The minimum absolute atomic E-state index is 0.227. The molecule has 0 heterocycles. The summed E-state index contributed by atoms with van der Waals surface area (Å²) in [4.78, 5) is 23.7. The summed E-state index contributed by atoms with van der Waals surface area (Å²) in [6.07, 6.45) is -0.227. The normalized spacial score (nSPS) is 10.0. The molecule has 4 nitrogen and oxygen atoms in total. The van der Waals surface area contributed by atoms with Gasteiger partial charge in [-0.1, -0.05) is 24.3 Å². The maximum absolute atomic E-state index is 11.8. The number of para-hydroxylation sites is 1. The Morgan fingerprint density at radius 2 is 1.71 bits per heavy atom. The van der Waals surface area contributed by atoms with Gasteiger partial charge < -0.3 is 10.6 Å². The number of benzene rings is 2. The number of carbonyl (C=O) groups excluding carboxylic acids is 2. The number of halogens is 1. The number of aryl methyl sites for hydroxylation is 1. The van der Waals surface area contributed by atoms with E-state index in [2.05, 4.69) is 26.6 Å². The Morgan fingerprint density at radius 1 is 1.00 bits per heavy atom. The largest absolute Gasteiger partial charge is 0.326 e. The second-order valence-electron chi connectivity index (χ2n) is 4.62. The molecule has 21 heavy (non-hydrogen) atoms. The molecule has 0 aliphatic heterocycles. The third kappa shape index (κ3) is 4.72. The molecule has 0 bridgehead atoms. The average molecular weight is 347 g/mol. The molecule has 2 aromatic carbocycles. The van der Waals surface area contributed by atoms with Gasteiger partial charge in [-0.2, -0.15) is 0 Å². The summed E-state index contributed by atoms with van der Waals surface area (Å²) in [5, 5.41) is 5.39. The third-order valence-electron chi connectivity index (χ3n) is 2.77. The first-order chi connectivity index (χ1) is 10.0. The quantitative estimate of drug-likeness (QED) is 0.828. The van der Waals surface area contributed by atoms with Crippen molar-refractivity contribution in [3.8, 4) is 0 Å². The molecule has 5 heteroatoms. The van der Waals surface area contributed by atoms with Crippen molar-refractivity contribution in [3.05, 3.63) is 58.6 Å². The van der Waals surface area contributed by atoms with Gasteiger partial charge in [0.2, 0.25) is 11.8 Å². The van der Waals surface area contributed by atoms with Crippen molar-refractivity contribution in [2.24, 2.45) is 0 Å². The summed E-state index contributed by atoms with van der Waals surface area (Å²) in [6.45, 7) is 1.94. The standard InChI is InChI=1S/C16H15BrN2O2/c1-11-5-4-6-12(9-11)18-15(20)10-16(21)19-14-8-3-2-7-13(14)17/h2-9H,10H2,1H3,(H,18,20)(H,19,21). The minimum atomic E-state index is -0.355. The van der Waals surface area contributed by atoms with E-state index in [1.807, 2.05) is 43.3 Å². The molecular weight excluding hydrogens is 332 g/mol. The van der Waals surface area contributed by atoms with E-state index >= 15 is 0 Å². The van der Waals surface area contributed by atoms with Gasteiger partial charge in [0.15, 0.2) is 0 Å². The van der Waals surface area contributed by atoms with Crippen molar-refractivity contribution in [1.82, 2.24) is 0 Å². The zero-order chi connectivity index (χ0) is 15.2. The van der Waals surface area contributed by atoms with E-state index in [9.17, 15) is 9.59 Å². The Hall–Kier alpha value is -2.14. The molecule has 0 fully saturated rings. The van der Waals surface area contributed by atoms with Gasteiger partial charge in [0.05, 0.1) is 5.69 Å². The van der Waals surface area contributed by atoms with Gasteiger partial charge in [-0.05, 0) is 52.7 Å². The molecular formula is C16H15BrN2O2. The Balaban J connectivity index is 1.91. The fourth-order valence-electron chi connectivity index (χ4n) is 1.83. The van der Waals surface area contributed by atoms with Crippen LogP contribution in [0.3, 0.4) is 0 Å². The van der Waals surface area contributed by atoms with Gasteiger partial charge in [-0.15, -0.1) is 0 Å². The van der Waals surface area contributed by atoms with Crippen LogP contribution in [0.1, 0.15) is 12.0 Å². The molecule has 0 aliphatic carbocycles. The molecule has 0 saturated carbocycles. The highest BCUT2D eigenvalue weighted by atomic mass is 79.9. The Bertz CT molecular complexity index is 671. The lowest BCUT2D eigenvalue weighted by atomic mass is 10.2. The summed E-state index contributed by atoms with van der Waals surface area (Å²) < 4.78 is 0.775. The van der Waals surface area contributed by atoms with Gasteiger partial charge in [0, 0.05) is 10.2 Å². The zero-order valence-electron chi connectivity index (χ0n) is 11.5. The van der Waals surface area contributed by atoms with Crippen LogP contribution in [0, 0.1) is 6.92 Å². The maximum Gasteiger partial charge on any atom is 0.233 e. The smallest absolute Gasteiger partial charge is 0.233 e. The van der Waals surface area contributed by atoms with Crippen LogP contribution in [0.5, 0.6) is 0 Å². The summed E-state index contributed by atoms with van der Waals surface area (Å²) in [5.41, 5.74) is 2.38. The molecule has 2 aromatic rings. The summed E-state index contributed by atoms with van der Waals surface area (Å²) in [6, 6.07) is 14.7. The van der Waals surface area contributed by atoms with Crippen molar-refractivity contribution in [2.75, 3.05) is 10.6 Å². The molecule has 2 amide bonds. The Kier molecular flexibility index (Phi) is 5.11. The first-order valence-electron chi connectivity index (χ1n) is 6.45. The van der Waals surface area contributed by atoms with E-state index < -0.39 is 0 Å². The Morgan fingerprint density at radius 3 is 2.43 bits per heavy atom. The third-order valence-corrected chi connectivity index (χ3v) is 3.46. The van der Waals surface area contributed by atoms with Gasteiger partial charge in [0.25, 0.3) is 0 Å². The summed E-state index contributed by atoms with van der Waals surface area (Å²) >= 11 is 3.34. The SMILES string of the molecule is Cc1cccc(NC(=O)CC(=O)Nc2ccccc2Br)c1. The minimum Gasteiger partial charge on any atom is -0.326 e. The summed E-state index contributed by atoms with van der Waals surface area (Å²) in [5.74, 6) is -0.697. The molecule has 108 valence electrons. The molecule has 2 rings (SSSR count). The monoisotopic (exact) mass is 346 g/mol. The number of carbonyl (C=O) groups is 2. The van der Waals surface area contributed by atoms with E-state index in [0.717, 1.165) is 10.0 Å². The number of hydrogen-bond donors (Lipinski definition) is 2. The van der Waals surface area contributed by atoms with Crippen LogP contribution in [0.4, 0.5) is 11.4 Å². The van der Waals surface area contributed by atoms with E-state index in [-0.39, 0.29) is 18.2 Å². The molecule has 2 N–H and O–H groups in total. The molecule has 0 saturated heterocycles. The number of amides is 2. The first kappa shape index (κ1) is 15.3. The van der Waals surface area contributed by atoms with Gasteiger partial charge in [-0.3, -0.25) is 9.59 Å². The molecule has 0 unspecified atom stereocenters. The predicted octanol–water partition coefficient (Wildman–Crippen LogP) is 3.72. The highest BCUT2D eigenvalue weighted by molar-refractivity contribution is 9.10. The zero-order valence-corrected chi connectivity index (χ0v) is 13.1. The molecule has 0 spiro atoms. The lowest BCUT2D eigenvalue weighted by Gasteiger charge is -2.08. The number of hydrogen-bond acceptors (Lipinski definition) is 2. The van der Waals surface area contributed by atoms with E-state index in [1.54, 1.807) is 12.1 Å². The maximum atomic E-state index is 11.8. The van der Waals surface area contributed by atoms with Crippen LogP contribution in [0.2, 0.25) is 0 Å². The van der Waals surface area contributed by atoms with Crippen molar-refractivity contribution in [2.45, 2.75) is 13.3 Å². The number of rotatable bonds is 4. The first-order valence-corrected chi connectivity index (χ1v) is 7.25. The highest BCUT2D eigenvalue weighted by Gasteiger charge is 2.11. The second kappa shape index (κ2) is 7.04. The Labute approximate surface area is 131 Å². The van der Waals surface area contributed by atoms with Crippen LogP contribution in [0.25, 0.3) is 0 Å². The topological polar surface area (TPSA) is 58.2 Å². The second-order valence-corrected chi connectivity index (χ2v) is 5.48. The van der Waals surface area contributed by atoms with Crippen LogP contribution in [0.15, 0.2) is 53.0 Å². The van der Waals surface area contributed by atoms with Crippen molar-refractivity contribution < 1.29 is 9.59 Å². The van der Waals surface area contributed by atoms with E-state index in [4.69, 9.17) is 0 Å². The van der Waals surface area contributed by atoms with Crippen molar-refractivity contribution in [3.63, 3.8) is 0 Å². The van der Waals surface area contributed by atoms with Crippen LogP contribution in [-0.4, -0.2) is 11.8 Å². The molecule has 0 aliphatic rings. The lowest BCUT2D eigenvalue weighted by molar-refractivity contribution is -0.123. The van der Waals surface area contributed by atoms with Gasteiger partial charge >= 0.3 is 0 Å². The van der Waals surface area contributed by atoms with Gasteiger partial charge in [-0.25, -0.2) is 0 Å². The highest BCUT2D eigenvalue weighted by Crippen LogP contribution is 2.21. The van der Waals surface area contributed by atoms with Crippen LogP contribution >= 0.6 is 15.9 Å². The van der Waals surface area contributed by atoms with Crippen LogP contribution < -0.4 is 10.6 Å². The lowest BCUT2D eigenvalue weighted by Crippen LogP contribution is -2.21.